The van der Waals surface area contributed by atoms with E-state index in [0.29, 0.717) is 10.8 Å². The average Bonchev–Trinajstić information content (AvgIpc) is 2.73. The molecule has 6 heteroatoms. The molecule has 2 fully saturated rings. The Bertz CT molecular complexity index is 587. The molecule has 1 aromatic rings. The molecule has 2 unspecified atom stereocenters. The topological polar surface area (TPSA) is 49.4 Å². The maximum atomic E-state index is 13.0. The minimum absolute atomic E-state index is 0. The van der Waals surface area contributed by atoms with Crippen LogP contribution in [0.2, 0.25) is 0 Å². The maximum Gasteiger partial charge on any atom is 0.243 e. The van der Waals surface area contributed by atoms with E-state index >= 15 is 0 Å². The van der Waals surface area contributed by atoms with Crippen molar-refractivity contribution in [2.45, 2.75) is 56.0 Å². The molecule has 0 aromatic heterocycles. The molecule has 2 atom stereocenters. The number of nitrogens with zero attached hydrogens (tertiary/aromatic N) is 1. The van der Waals surface area contributed by atoms with Crippen LogP contribution in [0.25, 0.3) is 0 Å². The number of hydrogen-bond donors (Lipinski definition) is 1. The number of rotatable bonds is 3. The standard InChI is InChI=1S/C16H24N2O2S.ClH/c1-12(2)13-3-7-16(8-4-13)21(19,20)18-14-5-6-15(18)11-17-10-9-14;/h3-4,7-8,12,14-15,17H,5-6,9-11H2,1-2H3;1H. The summed E-state index contributed by atoms with van der Waals surface area (Å²) < 4.78 is 27.7. The molecule has 1 N–H and O–H groups in total. The summed E-state index contributed by atoms with van der Waals surface area (Å²) in [6.07, 6.45) is 2.89. The fraction of sp³-hybridized carbons (Fsp3) is 0.625. The lowest BCUT2D eigenvalue weighted by molar-refractivity contribution is 0.334. The summed E-state index contributed by atoms with van der Waals surface area (Å²) in [6.45, 7) is 5.92. The highest BCUT2D eigenvalue weighted by Crippen LogP contribution is 2.34. The van der Waals surface area contributed by atoms with Crippen LogP contribution < -0.4 is 5.32 Å². The van der Waals surface area contributed by atoms with Crippen LogP contribution in [0.5, 0.6) is 0 Å². The van der Waals surface area contributed by atoms with Gasteiger partial charge in [0.1, 0.15) is 0 Å². The van der Waals surface area contributed by atoms with Gasteiger partial charge in [-0.2, -0.15) is 4.31 Å². The van der Waals surface area contributed by atoms with Gasteiger partial charge < -0.3 is 5.32 Å². The zero-order chi connectivity index (χ0) is 15.0. The third-order valence-corrected chi connectivity index (χ3v) is 6.73. The van der Waals surface area contributed by atoms with Gasteiger partial charge in [0.25, 0.3) is 0 Å². The Hall–Kier alpha value is -0.620. The van der Waals surface area contributed by atoms with E-state index in [-0.39, 0.29) is 24.5 Å². The third kappa shape index (κ3) is 3.18. The summed E-state index contributed by atoms with van der Waals surface area (Å²) in [6, 6.07) is 7.70. The minimum atomic E-state index is -3.37. The lowest BCUT2D eigenvalue weighted by Crippen LogP contribution is -2.42. The largest absolute Gasteiger partial charge is 0.315 e. The molecule has 4 nitrogen and oxygen atoms in total. The zero-order valence-corrected chi connectivity index (χ0v) is 14.8. The van der Waals surface area contributed by atoms with Crippen molar-refractivity contribution >= 4 is 22.4 Å². The number of fused-ring (bicyclic) bond motifs is 2. The second-order valence-corrected chi connectivity index (χ2v) is 8.28. The van der Waals surface area contributed by atoms with Gasteiger partial charge in [-0.05, 0) is 49.4 Å². The van der Waals surface area contributed by atoms with Crippen LogP contribution in [0.15, 0.2) is 29.2 Å². The van der Waals surface area contributed by atoms with Crippen molar-refractivity contribution in [2.24, 2.45) is 0 Å². The lowest BCUT2D eigenvalue weighted by Gasteiger charge is -2.27. The maximum absolute atomic E-state index is 13.0. The highest BCUT2D eigenvalue weighted by molar-refractivity contribution is 7.89. The summed E-state index contributed by atoms with van der Waals surface area (Å²) in [5.41, 5.74) is 1.18. The summed E-state index contributed by atoms with van der Waals surface area (Å²) in [5.74, 6) is 0.417. The Morgan fingerprint density at radius 3 is 2.36 bits per heavy atom. The number of sulfonamides is 1. The smallest absolute Gasteiger partial charge is 0.243 e. The molecule has 0 spiro atoms. The Morgan fingerprint density at radius 2 is 1.73 bits per heavy atom. The lowest BCUT2D eigenvalue weighted by atomic mass is 10.0. The Balaban J connectivity index is 0.00000176. The molecule has 3 rings (SSSR count). The molecule has 2 saturated heterocycles. The highest BCUT2D eigenvalue weighted by Gasteiger charge is 2.42. The molecule has 2 aliphatic heterocycles. The van der Waals surface area contributed by atoms with Crippen molar-refractivity contribution in [2.75, 3.05) is 13.1 Å². The fourth-order valence-corrected chi connectivity index (χ4v) is 5.38. The van der Waals surface area contributed by atoms with E-state index in [9.17, 15) is 8.42 Å². The SMILES string of the molecule is CC(C)c1ccc(S(=O)(=O)N2C3CCNCC2CC3)cc1.Cl. The first-order valence-corrected chi connectivity index (χ1v) is 9.28. The second-order valence-electron chi connectivity index (χ2n) is 6.44. The van der Waals surface area contributed by atoms with Crippen molar-refractivity contribution in [1.82, 2.24) is 9.62 Å². The van der Waals surface area contributed by atoms with Gasteiger partial charge in [-0.15, -0.1) is 12.4 Å². The van der Waals surface area contributed by atoms with Gasteiger partial charge in [-0.3, -0.25) is 0 Å². The average molecular weight is 345 g/mol. The normalized spacial score (nSPS) is 25.8. The van der Waals surface area contributed by atoms with Crippen molar-refractivity contribution in [3.63, 3.8) is 0 Å². The molecular formula is C16H25ClN2O2S. The van der Waals surface area contributed by atoms with Crippen LogP contribution in [0.1, 0.15) is 44.6 Å². The van der Waals surface area contributed by atoms with Crippen LogP contribution in [0.4, 0.5) is 0 Å². The first-order valence-electron chi connectivity index (χ1n) is 7.84. The Morgan fingerprint density at radius 1 is 1.09 bits per heavy atom. The van der Waals surface area contributed by atoms with Crippen molar-refractivity contribution in [3.05, 3.63) is 29.8 Å². The quantitative estimate of drug-likeness (QED) is 0.917. The predicted molar refractivity (Wildman–Crippen MR) is 91.1 cm³/mol. The molecule has 1 aromatic carbocycles. The van der Waals surface area contributed by atoms with Gasteiger partial charge in [0.05, 0.1) is 4.90 Å². The van der Waals surface area contributed by atoms with Crippen molar-refractivity contribution in [3.8, 4) is 0 Å². The molecule has 0 amide bonds. The Kier molecular flexibility index (Phi) is 5.54. The first kappa shape index (κ1) is 17.7. The number of halogens is 1. The van der Waals surface area contributed by atoms with Crippen LogP contribution in [-0.2, 0) is 10.0 Å². The minimum Gasteiger partial charge on any atom is -0.315 e. The van der Waals surface area contributed by atoms with Gasteiger partial charge in [0.15, 0.2) is 0 Å². The molecule has 0 aliphatic carbocycles. The monoisotopic (exact) mass is 344 g/mol. The second kappa shape index (κ2) is 6.87. The summed E-state index contributed by atoms with van der Waals surface area (Å²) in [4.78, 5) is 0.436. The van der Waals surface area contributed by atoms with Crippen LogP contribution >= 0.6 is 12.4 Å². The first-order chi connectivity index (χ1) is 10.00. The predicted octanol–water partition coefficient (Wildman–Crippen LogP) is 2.75. The molecule has 22 heavy (non-hydrogen) atoms. The van der Waals surface area contributed by atoms with E-state index in [1.54, 1.807) is 16.4 Å². The van der Waals surface area contributed by atoms with Crippen LogP contribution in [0, 0.1) is 0 Å². The Labute approximate surface area is 139 Å². The van der Waals surface area contributed by atoms with Crippen molar-refractivity contribution in [1.29, 1.82) is 0 Å². The molecular weight excluding hydrogens is 320 g/mol. The molecule has 2 heterocycles. The third-order valence-electron chi connectivity index (χ3n) is 4.71. The number of nitrogens with one attached hydrogen (secondary N) is 1. The van der Waals surface area contributed by atoms with Gasteiger partial charge in [-0.25, -0.2) is 8.42 Å². The van der Waals surface area contributed by atoms with Crippen molar-refractivity contribution < 1.29 is 8.42 Å². The van der Waals surface area contributed by atoms with E-state index in [0.717, 1.165) is 32.4 Å². The van der Waals surface area contributed by atoms with Gasteiger partial charge >= 0.3 is 0 Å². The highest BCUT2D eigenvalue weighted by atomic mass is 35.5. The fourth-order valence-electron chi connectivity index (χ4n) is 3.48. The van der Waals surface area contributed by atoms with Crippen LogP contribution in [0.3, 0.4) is 0 Å². The van der Waals surface area contributed by atoms with E-state index < -0.39 is 10.0 Å². The number of benzene rings is 1. The van der Waals surface area contributed by atoms with Gasteiger partial charge in [0.2, 0.25) is 10.0 Å². The molecule has 2 bridgehead atoms. The van der Waals surface area contributed by atoms with Gasteiger partial charge in [0, 0.05) is 18.6 Å². The summed E-state index contributed by atoms with van der Waals surface area (Å²) in [7, 11) is -3.37. The van der Waals surface area contributed by atoms with Crippen LogP contribution in [-0.4, -0.2) is 37.9 Å². The zero-order valence-electron chi connectivity index (χ0n) is 13.2. The molecule has 0 radical (unpaired) electrons. The summed E-state index contributed by atoms with van der Waals surface area (Å²) >= 11 is 0. The van der Waals surface area contributed by atoms with E-state index in [2.05, 4.69) is 19.2 Å². The van der Waals surface area contributed by atoms with E-state index in [1.165, 1.54) is 5.56 Å². The molecule has 124 valence electrons. The molecule has 0 saturated carbocycles. The number of hydrogen-bond acceptors (Lipinski definition) is 3. The van der Waals surface area contributed by atoms with E-state index in [4.69, 9.17) is 0 Å². The molecule has 2 aliphatic rings. The van der Waals surface area contributed by atoms with Gasteiger partial charge in [-0.1, -0.05) is 26.0 Å². The van der Waals surface area contributed by atoms with E-state index in [1.807, 2.05) is 12.1 Å². The summed E-state index contributed by atoms with van der Waals surface area (Å²) in [5, 5.41) is 3.35.